The van der Waals surface area contributed by atoms with Crippen LogP contribution in [0, 0.1) is 6.92 Å². The highest BCUT2D eigenvalue weighted by Crippen LogP contribution is 2.14. The first-order valence-corrected chi connectivity index (χ1v) is 4.56. The average molecular weight is 202 g/mol. The number of rotatable bonds is 1. The van der Waals surface area contributed by atoms with Crippen molar-refractivity contribution in [3.63, 3.8) is 0 Å². The number of nitrogens with one attached hydrogen (secondary N) is 2. The monoisotopic (exact) mass is 202 g/mol. The number of aryl methyl sites for hydroxylation is 1. The summed E-state index contributed by atoms with van der Waals surface area (Å²) in [5.41, 5.74) is 1.48. The van der Waals surface area contributed by atoms with E-state index in [0.29, 0.717) is 5.56 Å². The van der Waals surface area contributed by atoms with E-state index in [1.807, 2.05) is 31.2 Å². The number of benzene rings is 1. The van der Waals surface area contributed by atoms with Crippen LogP contribution in [0.4, 0.5) is 0 Å². The quantitative estimate of drug-likeness (QED) is 0.725. The number of aromatic nitrogens is 2. The van der Waals surface area contributed by atoms with Crippen molar-refractivity contribution in [2.75, 3.05) is 0 Å². The van der Waals surface area contributed by atoms with Gasteiger partial charge in [-0.2, -0.15) is 0 Å². The topological polar surface area (TPSA) is 65.7 Å². The first-order chi connectivity index (χ1) is 7.16. The lowest BCUT2D eigenvalue weighted by molar-refractivity contribution is 1.04. The number of hydrogen-bond donors (Lipinski definition) is 2. The fourth-order valence-electron chi connectivity index (χ4n) is 1.44. The van der Waals surface area contributed by atoms with Crippen molar-refractivity contribution in [3.8, 4) is 11.1 Å². The molecule has 2 rings (SSSR count). The molecule has 4 nitrogen and oxygen atoms in total. The van der Waals surface area contributed by atoms with Crippen LogP contribution >= 0.6 is 0 Å². The Hall–Kier alpha value is -2.10. The van der Waals surface area contributed by atoms with Gasteiger partial charge in [-0.25, -0.2) is 4.79 Å². The molecule has 0 amide bonds. The van der Waals surface area contributed by atoms with Gasteiger partial charge in [0.1, 0.15) is 0 Å². The fraction of sp³-hybridized carbons (Fsp3) is 0.0909. The molecule has 0 atom stereocenters. The molecule has 0 unspecified atom stereocenters. The molecule has 2 aromatic rings. The number of aromatic amines is 2. The second-order valence-corrected chi connectivity index (χ2v) is 3.36. The second-order valence-electron chi connectivity index (χ2n) is 3.36. The van der Waals surface area contributed by atoms with E-state index in [-0.39, 0.29) is 5.56 Å². The maximum absolute atomic E-state index is 11.5. The van der Waals surface area contributed by atoms with E-state index in [4.69, 9.17) is 0 Å². The van der Waals surface area contributed by atoms with Gasteiger partial charge in [-0.15, -0.1) is 0 Å². The van der Waals surface area contributed by atoms with Gasteiger partial charge in [0.15, 0.2) is 0 Å². The summed E-state index contributed by atoms with van der Waals surface area (Å²) < 4.78 is 0. The Labute approximate surface area is 85.6 Å². The molecule has 1 aromatic heterocycles. The van der Waals surface area contributed by atoms with E-state index in [2.05, 4.69) is 9.97 Å². The van der Waals surface area contributed by atoms with Crippen molar-refractivity contribution in [3.05, 3.63) is 56.9 Å². The highest BCUT2D eigenvalue weighted by Gasteiger charge is 2.02. The Bertz CT molecular complexity index is 596. The second kappa shape index (κ2) is 3.57. The van der Waals surface area contributed by atoms with Crippen LogP contribution in [0.1, 0.15) is 5.56 Å². The lowest BCUT2D eigenvalue weighted by Gasteiger charge is -2.00. The Kier molecular flexibility index (Phi) is 2.25. The van der Waals surface area contributed by atoms with E-state index >= 15 is 0 Å². The lowest BCUT2D eigenvalue weighted by atomic mass is 10.1. The van der Waals surface area contributed by atoms with Crippen LogP contribution in [0.25, 0.3) is 11.1 Å². The molecule has 0 spiro atoms. The van der Waals surface area contributed by atoms with Crippen molar-refractivity contribution < 1.29 is 0 Å². The van der Waals surface area contributed by atoms with Gasteiger partial charge in [-0.1, -0.05) is 29.8 Å². The minimum absolute atomic E-state index is 0.371. The third-order valence-corrected chi connectivity index (χ3v) is 2.15. The SMILES string of the molecule is Cc1cccc(-c2c[nH]c(=O)[nH]c2=O)c1. The Morgan fingerprint density at radius 2 is 2.00 bits per heavy atom. The molecule has 0 aliphatic carbocycles. The molecule has 0 radical (unpaired) electrons. The van der Waals surface area contributed by atoms with Crippen molar-refractivity contribution >= 4 is 0 Å². The van der Waals surface area contributed by atoms with E-state index < -0.39 is 5.69 Å². The molecule has 0 saturated carbocycles. The predicted molar refractivity (Wildman–Crippen MR) is 57.9 cm³/mol. The van der Waals surface area contributed by atoms with Gasteiger partial charge in [0.25, 0.3) is 5.56 Å². The summed E-state index contributed by atoms with van der Waals surface area (Å²) in [5, 5.41) is 0. The summed E-state index contributed by atoms with van der Waals surface area (Å²) in [6, 6.07) is 7.54. The molecule has 76 valence electrons. The van der Waals surface area contributed by atoms with Crippen molar-refractivity contribution in [2.24, 2.45) is 0 Å². The van der Waals surface area contributed by atoms with E-state index in [1.165, 1.54) is 6.20 Å². The molecular formula is C11H10N2O2. The molecule has 0 fully saturated rings. The van der Waals surface area contributed by atoms with Gasteiger partial charge in [0, 0.05) is 6.20 Å². The first-order valence-electron chi connectivity index (χ1n) is 4.56. The third-order valence-electron chi connectivity index (χ3n) is 2.15. The van der Waals surface area contributed by atoms with E-state index in [1.54, 1.807) is 0 Å². The molecule has 15 heavy (non-hydrogen) atoms. The summed E-state index contributed by atoms with van der Waals surface area (Å²) in [6.07, 6.45) is 1.43. The van der Waals surface area contributed by atoms with Gasteiger partial charge >= 0.3 is 5.69 Å². The molecule has 4 heteroatoms. The van der Waals surface area contributed by atoms with E-state index in [9.17, 15) is 9.59 Å². The van der Waals surface area contributed by atoms with Gasteiger partial charge in [0.2, 0.25) is 0 Å². The van der Waals surface area contributed by atoms with E-state index in [0.717, 1.165) is 11.1 Å². The largest absolute Gasteiger partial charge is 0.325 e. The zero-order valence-corrected chi connectivity index (χ0v) is 8.20. The average Bonchev–Trinajstić information content (AvgIpc) is 2.17. The van der Waals surface area contributed by atoms with Crippen LogP contribution in [0.5, 0.6) is 0 Å². The van der Waals surface area contributed by atoms with Gasteiger partial charge in [0.05, 0.1) is 5.56 Å². The first kappa shape index (κ1) is 9.45. The van der Waals surface area contributed by atoms with Crippen LogP contribution in [0.2, 0.25) is 0 Å². The molecule has 1 aromatic carbocycles. The lowest BCUT2D eigenvalue weighted by Crippen LogP contribution is -2.22. The fourth-order valence-corrected chi connectivity index (χ4v) is 1.44. The van der Waals surface area contributed by atoms with Gasteiger partial charge < -0.3 is 4.98 Å². The van der Waals surface area contributed by atoms with Crippen molar-refractivity contribution in [1.82, 2.24) is 9.97 Å². The summed E-state index contributed by atoms with van der Waals surface area (Å²) in [6.45, 7) is 1.95. The van der Waals surface area contributed by atoms with Crippen LogP contribution in [0.15, 0.2) is 40.1 Å². The molecule has 0 saturated heterocycles. The maximum Gasteiger partial charge on any atom is 0.325 e. The predicted octanol–water partition coefficient (Wildman–Crippen LogP) is 1.04. The van der Waals surface area contributed by atoms with Gasteiger partial charge in [-0.05, 0) is 12.5 Å². The van der Waals surface area contributed by atoms with Crippen molar-refractivity contribution in [2.45, 2.75) is 6.92 Å². The Morgan fingerprint density at radius 3 is 2.67 bits per heavy atom. The van der Waals surface area contributed by atoms with Crippen LogP contribution < -0.4 is 11.2 Å². The standard InChI is InChI=1S/C11H10N2O2/c1-7-3-2-4-8(5-7)9-6-12-11(15)13-10(9)14/h2-6H,1H3,(H2,12,13,14,15). The molecule has 2 N–H and O–H groups in total. The zero-order valence-electron chi connectivity index (χ0n) is 8.20. The van der Waals surface area contributed by atoms with Crippen LogP contribution in [-0.4, -0.2) is 9.97 Å². The minimum Gasteiger partial charge on any atom is -0.313 e. The third kappa shape index (κ3) is 1.88. The van der Waals surface area contributed by atoms with Crippen molar-refractivity contribution in [1.29, 1.82) is 0 Å². The van der Waals surface area contributed by atoms with Gasteiger partial charge in [-0.3, -0.25) is 9.78 Å². The normalized spacial score (nSPS) is 10.2. The molecule has 0 aliphatic rings. The smallest absolute Gasteiger partial charge is 0.313 e. The highest BCUT2D eigenvalue weighted by atomic mass is 16.2. The summed E-state index contributed by atoms with van der Waals surface area (Å²) in [5.74, 6) is 0. The minimum atomic E-state index is -0.489. The Balaban J connectivity index is 2.64. The molecule has 1 heterocycles. The molecular weight excluding hydrogens is 192 g/mol. The summed E-state index contributed by atoms with van der Waals surface area (Å²) in [4.78, 5) is 26.9. The maximum atomic E-state index is 11.5. The summed E-state index contributed by atoms with van der Waals surface area (Å²) >= 11 is 0. The number of H-pyrrole nitrogens is 2. The molecule has 0 bridgehead atoms. The zero-order chi connectivity index (χ0) is 10.8. The highest BCUT2D eigenvalue weighted by molar-refractivity contribution is 5.61. The molecule has 0 aliphatic heterocycles. The van der Waals surface area contributed by atoms with Crippen LogP contribution in [-0.2, 0) is 0 Å². The summed E-state index contributed by atoms with van der Waals surface area (Å²) in [7, 11) is 0. The Morgan fingerprint density at radius 1 is 1.20 bits per heavy atom. The number of hydrogen-bond acceptors (Lipinski definition) is 2. The van der Waals surface area contributed by atoms with Crippen LogP contribution in [0.3, 0.4) is 0 Å².